The number of benzene rings is 2. The van der Waals surface area contributed by atoms with Crippen LogP contribution < -0.4 is 15.4 Å². The van der Waals surface area contributed by atoms with Gasteiger partial charge in [-0.15, -0.1) is 11.3 Å². The van der Waals surface area contributed by atoms with E-state index in [1.807, 2.05) is 12.2 Å². The number of nitrogens with zero attached hydrogens (tertiary/aromatic N) is 3. The highest BCUT2D eigenvalue weighted by Gasteiger charge is 2.62. The maximum atomic E-state index is 14.6. The smallest absolute Gasteiger partial charge is 0.410 e. The highest BCUT2D eigenvalue weighted by Crippen LogP contribution is 2.46. The molecular formula is C39H42F2N6O7S2. The first kappa shape index (κ1) is 38.0. The van der Waals surface area contributed by atoms with Gasteiger partial charge in [0.15, 0.2) is 5.13 Å². The number of rotatable bonds is 7. The molecule has 2 aromatic carbocycles. The number of aromatic nitrogens is 1. The van der Waals surface area contributed by atoms with Gasteiger partial charge in [0.2, 0.25) is 21.8 Å². The molecule has 3 fully saturated rings. The molecule has 3 aromatic rings. The Morgan fingerprint density at radius 1 is 1.02 bits per heavy atom. The molecule has 13 nitrogen and oxygen atoms in total. The van der Waals surface area contributed by atoms with Gasteiger partial charge in [-0.2, -0.15) is 0 Å². The minimum atomic E-state index is -3.92. The van der Waals surface area contributed by atoms with Crippen LogP contribution in [0.15, 0.2) is 60.0 Å². The lowest BCUT2D eigenvalue weighted by molar-refractivity contribution is -0.140. The molecule has 296 valence electrons. The van der Waals surface area contributed by atoms with Crippen LogP contribution in [0.5, 0.6) is 0 Å². The lowest BCUT2D eigenvalue weighted by Gasteiger charge is -2.29. The lowest BCUT2D eigenvalue weighted by atomic mass is 10.1. The normalized spacial score (nSPS) is 27.2. The average molecular weight is 809 g/mol. The van der Waals surface area contributed by atoms with Crippen molar-refractivity contribution in [1.82, 2.24) is 24.8 Å². The molecule has 0 spiro atoms. The van der Waals surface area contributed by atoms with Gasteiger partial charge in [0.25, 0.3) is 5.91 Å². The second kappa shape index (κ2) is 15.2. The second-order valence-electron chi connectivity index (χ2n) is 15.2. The van der Waals surface area contributed by atoms with E-state index in [0.29, 0.717) is 59.6 Å². The molecular weight excluding hydrogens is 767 g/mol. The van der Waals surface area contributed by atoms with Crippen molar-refractivity contribution < 1.29 is 41.1 Å². The van der Waals surface area contributed by atoms with E-state index in [1.165, 1.54) is 39.3 Å². The van der Waals surface area contributed by atoms with Crippen LogP contribution in [0, 0.1) is 17.6 Å². The number of sulfonamides is 1. The minimum Gasteiger partial charge on any atom is -0.444 e. The maximum Gasteiger partial charge on any atom is 0.410 e. The molecule has 1 saturated heterocycles. The fourth-order valence-electron chi connectivity index (χ4n) is 7.82. The molecule has 4 amide bonds. The van der Waals surface area contributed by atoms with Crippen molar-refractivity contribution in [1.29, 1.82) is 0 Å². The van der Waals surface area contributed by atoms with E-state index in [4.69, 9.17) is 4.74 Å². The molecule has 3 N–H and O–H groups in total. The first-order valence-corrected chi connectivity index (χ1v) is 21.4. The Balaban J connectivity index is 1.06. The molecule has 5 atom stereocenters. The number of amides is 4. The largest absolute Gasteiger partial charge is 0.444 e. The molecule has 4 heterocycles. The summed E-state index contributed by atoms with van der Waals surface area (Å²) in [6, 6.07) is 8.53. The number of thiazole rings is 1. The van der Waals surface area contributed by atoms with E-state index in [9.17, 15) is 36.4 Å². The highest BCUT2D eigenvalue weighted by molar-refractivity contribution is 7.91. The average Bonchev–Trinajstić information content (AvgIpc) is 3.97. The Morgan fingerprint density at radius 2 is 1.82 bits per heavy atom. The zero-order valence-corrected chi connectivity index (χ0v) is 32.1. The van der Waals surface area contributed by atoms with Crippen LogP contribution in [0.1, 0.15) is 68.9 Å². The van der Waals surface area contributed by atoms with Crippen molar-refractivity contribution in [3.8, 4) is 11.3 Å². The summed E-state index contributed by atoms with van der Waals surface area (Å²) in [6.07, 6.45) is 6.46. The molecule has 0 bridgehead atoms. The lowest BCUT2D eigenvalue weighted by Crippen LogP contribution is -2.57. The van der Waals surface area contributed by atoms with Gasteiger partial charge in [-0.25, -0.2) is 27.0 Å². The molecule has 8 rings (SSSR count). The van der Waals surface area contributed by atoms with Crippen LogP contribution >= 0.6 is 11.3 Å². The van der Waals surface area contributed by atoms with Gasteiger partial charge in [0.1, 0.15) is 35.4 Å². The monoisotopic (exact) mass is 808 g/mol. The Labute approximate surface area is 326 Å². The van der Waals surface area contributed by atoms with E-state index < -0.39 is 74.5 Å². The molecule has 3 aliphatic heterocycles. The molecule has 56 heavy (non-hydrogen) atoms. The third-order valence-electron chi connectivity index (χ3n) is 11.2. The number of nitrogens with one attached hydrogen (secondary N) is 3. The number of carbonyl (C=O) groups excluding carboxylic acids is 4. The molecule has 0 unspecified atom stereocenters. The van der Waals surface area contributed by atoms with Gasteiger partial charge < -0.3 is 20.3 Å². The number of anilines is 1. The van der Waals surface area contributed by atoms with Gasteiger partial charge in [0.05, 0.1) is 24.0 Å². The van der Waals surface area contributed by atoms with Crippen molar-refractivity contribution in [2.24, 2.45) is 5.92 Å². The van der Waals surface area contributed by atoms with Crippen LogP contribution in [-0.4, -0.2) is 82.5 Å². The van der Waals surface area contributed by atoms with Gasteiger partial charge in [-0.1, -0.05) is 37.1 Å². The summed E-state index contributed by atoms with van der Waals surface area (Å²) in [7, 11) is -3.92. The minimum absolute atomic E-state index is 0.0101. The van der Waals surface area contributed by atoms with Crippen molar-refractivity contribution in [3.05, 3.63) is 82.8 Å². The number of ether oxygens (including phenoxy) is 1. The van der Waals surface area contributed by atoms with Crippen LogP contribution in [-0.2, 0) is 42.2 Å². The molecule has 2 aliphatic carbocycles. The van der Waals surface area contributed by atoms with Crippen LogP contribution in [0.4, 0.5) is 18.7 Å². The predicted octanol–water partition coefficient (Wildman–Crippen LogP) is 4.99. The van der Waals surface area contributed by atoms with Crippen LogP contribution in [0.2, 0.25) is 0 Å². The number of fused-ring (bicyclic) bond motifs is 3. The third kappa shape index (κ3) is 7.88. The van der Waals surface area contributed by atoms with Gasteiger partial charge in [-0.05, 0) is 74.4 Å². The Hall–Kier alpha value is -4.90. The zero-order chi connectivity index (χ0) is 39.2. The van der Waals surface area contributed by atoms with Crippen LogP contribution in [0.3, 0.4) is 0 Å². The number of allylic oxidation sites excluding steroid dienone is 1. The fourth-order valence-corrected chi connectivity index (χ4v) is 9.95. The quantitative estimate of drug-likeness (QED) is 0.279. The standard InChI is InChI=1S/C39H42F2N6O7S2/c40-26-13-11-23(12-14-26)32-22-55-37(43-32)42-31-10-5-3-1-2-4-8-25-18-39(25,36(50)45-56(52,53)28-15-16-28)44-34(48)33-17-27(20-47(33)35(31)49)54-38(51)46-19-24-7-6-9-30(41)29(24)21-46/h4,6-9,11-14,22,25,27-28,31,33H,1-3,5,10,15-21H2,(H,42,43)(H,44,48)(H,45,50)/b8-4-/t25-,27-,31+,33+,39-/m1/s1. The van der Waals surface area contributed by atoms with Crippen molar-refractivity contribution in [3.63, 3.8) is 0 Å². The third-order valence-corrected chi connectivity index (χ3v) is 13.8. The molecule has 5 aliphatic rings. The fraction of sp³-hybridized carbons (Fsp3) is 0.462. The summed E-state index contributed by atoms with van der Waals surface area (Å²) in [4.78, 5) is 63.5. The van der Waals surface area contributed by atoms with E-state index >= 15 is 0 Å². The number of hydrogen-bond donors (Lipinski definition) is 3. The van der Waals surface area contributed by atoms with Gasteiger partial charge in [-0.3, -0.25) is 24.0 Å². The number of hydrogen-bond acceptors (Lipinski definition) is 10. The van der Waals surface area contributed by atoms with E-state index in [1.54, 1.807) is 29.6 Å². The Kier molecular flexibility index (Phi) is 10.3. The van der Waals surface area contributed by atoms with Crippen molar-refractivity contribution >= 4 is 50.3 Å². The first-order chi connectivity index (χ1) is 26.9. The topological polar surface area (TPSA) is 167 Å². The molecule has 17 heteroatoms. The molecule has 2 saturated carbocycles. The van der Waals surface area contributed by atoms with Gasteiger partial charge in [0, 0.05) is 35.4 Å². The van der Waals surface area contributed by atoms with E-state index in [2.05, 4.69) is 20.3 Å². The van der Waals surface area contributed by atoms with E-state index in [-0.39, 0.29) is 38.3 Å². The SMILES string of the molecule is O=C1N[C@]2(C(=O)NS(=O)(=O)C3CC3)C[C@H]2/C=C\CCCCC[C@H](Nc2nc(-c3ccc(F)cc3)cs2)C(=O)N2C[C@H](OC(=O)N3Cc4cccc(F)c4C3)C[C@@H]12. The number of halogens is 2. The molecule has 1 aromatic heterocycles. The van der Waals surface area contributed by atoms with Gasteiger partial charge >= 0.3 is 6.09 Å². The van der Waals surface area contributed by atoms with Crippen molar-refractivity contribution in [2.75, 3.05) is 11.9 Å². The molecule has 0 radical (unpaired) electrons. The summed E-state index contributed by atoms with van der Waals surface area (Å²) in [5.41, 5.74) is 0.809. The summed E-state index contributed by atoms with van der Waals surface area (Å²) in [5, 5.41) is 7.69. The summed E-state index contributed by atoms with van der Waals surface area (Å²) < 4.78 is 61.8. The maximum absolute atomic E-state index is 14.6. The Morgan fingerprint density at radius 3 is 2.59 bits per heavy atom. The first-order valence-electron chi connectivity index (χ1n) is 19.0. The Bertz CT molecular complexity index is 2180. The predicted molar refractivity (Wildman–Crippen MR) is 202 cm³/mol. The van der Waals surface area contributed by atoms with Crippen LogP contribution in [0.25, 0.3) is 11.3 Å². The summed E-state index contributed by atoms with van der Waals surface area (Å²) >= 11 is 1.28. The zero-order valence-electron chi connectivity index (χ0n) is 30.4. The summed E-state index contributed by atoms with van der Waals surface area (Å²) in [6.45, 7) is 0.0185. The highest BCUT2D eigenvalue weighted by atomic mass is 32.2. The summed E-state index contributed by atoms with van der Waals surface area (Å²) in [5.74, 6) is -3.20. The second-order valence-corrected chi connectivity index (χ2v) is 18.1. The number of carbonyl (C=O) groups is 4. The van der Waals surface area contributed by atoms with Crippen molar-refractivity contribution in [2.45, 2.75) is 99.9 Å². The van der Waals surface area contributed by atoms with E-state index in [0.717, 1.165) is 12.8 Å².